The molecule has 0 saturated carbocycles. The highest BCUT2D eigenvalue weighted by Gasteiger charge is 2.16. The van der Waals surface area contributed by atoms with Crippen LogP contribution in [-0.2, 0) is 13.0 Å². The number of nitrogens with zero attached hydrogens (tertiary/aromatic N) is 5. The number of rotatable bonds is 3. The van der Waals surface area contributed by atoms with Crippen molar-refractivity contribution in [2.45, 2.75) is 39.2 Å². The maximum atomic E-state index is 8.83. The second-order valence-corrected chi connectivity index (χ2v) is 5.86. The number of allylic oxidation sites excluding steroid dienone is 1. The molecule has 3 rings (SSSR count). The van der Waals surface area contributed by atoms with E-state index in [-0.39, 0.29) is 5.57 Å². The molecule has 0 aliphatic carbocycles. The fourth-order valence-corrected chi connectivity index (χ4v) is 2.85. The van der Waals surface area contributed by atoms with E-state index >= 15 is 0 Å². The molecule has 0 saturated heterocycles. The Morgan fingerprint density at radius 2 is 2.04 bits per heavy atom. The maximum Gasteiger partial charge on any atom is 0.164 e. The highest BCUT2D eigenvalue weighted by molar-refractivity contribution is 5.66. The van der Waals surface area contributed by atoms with Gasteiger partial charge in [0.25, 0.3) is 0 Å². The van der Waals surface area contributed by atoms with Crippen molar-refractivity contribution in [3.05, 3.63) is 41.4 Å². The molecular formula is C18H18N6. The zero-order valence-electron chi connectivity index (χ0n) is 13.6. The lowest BCUT2D eigenvalue weighted by molar-refractivity contribution is 0.636. The zero-order chi connectivity index (χ0) is 16.9. The molecule has 2 heterocycles. The topological polar surface area (TPSA) is 90.3 Å². The van der Waals surface area contributed by atoms with Gasteiger partial charge < -0.3 is 9.88 Å². The van der Waals surface area contributed by atoms with Crippen molar-refractivity contribution in [3.63, 3.8) is 0 Å². The first-order chi connectivity index (χ1) is 11.7. The van der Waals surface area contributed by atoms with Gasteiger partial charge in [-0.1, -0.05) is 18.6 Å². The number of nitrogens with one attached hydrogen (secondary N) is 1. The standard InChI is InChI=1S/C18H18N6/c1-13-6-7-15(9-16(13)21-12-14(10-19)11-20)18-23-22-17-5-3-2-4-8-24(17)18/h6-7,9,12,21H,2-5,8H2,1H3. The Balaban J connectivity index is 1.95. The van der Waals surface area contributed by atoms with Gasteiger partial charge >= 0.3 is 0 Å². The summed E-state index contributed by atoms with van der Waals surface area (Å²) in [7, 11) is 0. The second-order valence-electron chi connectivity index (χ2n) is 5.86. The number of hydrogen-bond donors (Lipinski definition) is 1. The van der Waals surface area contributed by atoms with Crippen molar-refractivity contribution in [1.29, 1.82) is 10.5 Å². The lowest BCUT2D eigenvalue weighted by Crippen LogP contribution is -2.03. The van der Waals surface area contributed by atoms with Crippen LogP contribution in [0.2, 0.25) is 0 Å². The molecule has 1 aliphatic rings. The molecule has 0 fully saturated rings. The van der Waals surface area contributed by atoms with Crippen LogP contribution in [0.4, 0.5) is 5.69 Å². The van der Waals surface area contributed by atoms with E-state index < -0.39 is 0 Å². The largest absolute Gasteiger partial charge is 0.360 e. The highest BCUT2D eigenvalue weighted by Crippen LogP contribution is 2.27. The monoisotopic (exact) mass is 318 g/mol. The Labute approximate surface area is 141 Å². The molecule has 0 spiro atoms. The van der Waals surface area contributed by atoms with Gasteiger partial charge in [-0.05, 0) is 31.4 Å². The molecular weight excluding hydrogens is 300 g/mol. The summed E-state index contributed by atoms with van der Waals surface area (Å²) in [4.78, 5) is 0. The predicted octanol–water partition coefficient (Wildman–Crippen LogP) is 3.32. The summed E-state index contributed by atoms with van der Waals surface area (Å²) < 4.78 is 2.20. The van der Waals surface area contributed by atoms with Gasteiger partial charge in [0.2, 0.25) is 0 Å². The summed E-state index contributed by atoms with van der Waals surface area (Å²) in [6.45, 7) is 2.92. The molecule has 1 aromatic carbocycles. The quantitative estimate of drug-likeness (QED) is 0.877. The van der Waals surface area contributed by atoms with E-state index in [1.165, 1.54) is 12.6 Å². The zero-order valence-corrected chi connectivity index (χ0v) is 13.6. The van der Waals surface area contributed by atoms with Gasteiger partial charge in [0.05, 0.1) is 0 Å². The summed E-state index contributed by atoms with van der Waals surface area (Å²) in [6.07, 6.45) is 5.93. The Hall–Kier alpha value is -3.12. The molecule has 0 radical (unpaired) electrons. The van der Waals surface area contributed by atoms with Crippen LogP contribution in [0.25, 0.3) is 11.4 Å². The Kier molecular flexibility index (Phi) is 4.58. The minimum absolute atomic E-state index is 0.0381. The summed E-state index contributed by atoms with van der Waals surface area (Å²) in [5.74, 6) is 1.92. The Morgan fingerprint density at radius 3 is 2.83 bits per heavy atom. The number of benzene rings is 1. The molecule has 6 nitrogen and oxygen atoms in total. The molecule has 120 valence electrons. The van der Waals surface area contributed by atoms with Gasteiger partial charge in [-0.15, -0.1) is 10.2 Å². The molecule has 1 aromatic heterocycles. The first kappa shape index (κ1) is 15.8. The Bertz CT molecular complexity index is 847. The molecule has 1 aliphatic heterocycles. The number of anilines is 1. The average Bonchev–Trinajstić information content (AvgIpc) is 2.85. The summed E-state index contributed by atoms with van der Waals surface area (Å²) in [6, 6.07) is 9.70. The van der Waals surface area contributed by atoms with Crippen molar-refractivity contribution in [2.75, 3.05) is 5.32 Å². The van der Waals surface area contributed by atoms with Crippen LogP contribution in [0, 0.1) is 29.6 Å². The minimum Gasteiger partial charge on any atom is -0.360 e. The van der Waals surface area contributed by atoms with E-state index in [2.05, 4.69) is 20.1 Å². The molecule has 1 N–H and O–H groups in total. The molecule has 0 atom stereocenters. The SMILES string of the molecule is Cc1ccc(-c2nnc3n2CCCCC3)cc1NC=C(C#N)C#N. The van der Waals surface area contributed by atoms with Crippen molar-refractivity contribution < 1.29 is 0 Å². The molecule has 6 heteroatoms. The second kappa shape index (κ2) is 6.97. The molecule has 0 unspecified atom stereocenters. The third-order valence-electron chi connectivity index (χ3n) is 4.22. The van der Waals surface area contributed by atoms with Crippen LogP contribution in [0.1, 0.15) is 30.7 Å². The Morgan fingerprint density at radius 1 is 1.21 bits per heavy atom. The normalized spacial score (nSPS) is 13.1. The van der Waals surface area contributed by atoms with Gasteiger partial charge in [0.1, 0.15) is 23.5 Å². The van der Waals surface area contributed by atoms with Gasteiger partial charge in [0.15, 0.2) is 5.82 Å². The maximum absolute atomic E-state index is 8.83. The van der Waals surface area contributed by atoms with Crippen molar-refractivity contribution in [2.24, 2.45) is 0 Å². The van der Waals surface area contributed by atoms with E-state index in [4.69, 9.17) is 10.5 Å². The fourth-order valence-electron chi connectivity index (χ4n) is 2.85. The van der Waals surface area contributed by atoms with Crippen LogP contribution < -0.4 is 5.32 Å². The highest BCUT2D eigenvalue weighted by atomic mass is 15.3. The first-order valence-electron chi connectivity index (χ1n) is 8.03. The summed E-state index contributed by atoms with van der Waals surface area (Å²) in [5, 5.41) is 29.4. The lowest BCUT2D eigenvalue weighted by Gasteiger charge is -2.10. The number of aromatic nitrogens is 3. The molecule has 2 aromatic rings. The van der Waals surface area contributed by atoms with E-state index in [0.29, 0.717) is 0 Å². The lowest BCUT2D eigenvalue weighted by atomic mass is 10.1. The summed E-state index contributed by atoms with van der Waals surface area (Å²) in [5.41, 5.74) is 2.89. The number of aryl methyl sites for hydroxylation is 2. The predicted molar refractivity (Wildman–Crippen MR) is 90.7 cm³/mol. The molecule has 0 amide bonds. The average molecular weight is 318 g/mol. The first-order valence-corrected chi connectivity index (χ1v) is 8.03. The smallest absolute Gasteiger partial charge is 0.164 e. The minimum atomic E-state index is 0.0381. The van der Waals surface area contributed by atoms with Gasteiger partial charge in [-0.25, -0.2) is 0 Å². The van der Waals surface area contributed by atoms with Gasteiger partial charge in [-0.2, -0.15) is 10.5 Å². The number of nitriles is 2. The third-order valence-corrected chi connectivity index (χ3v) is 4.22. The van der Waals surface area contributed by atoms with Crippen molar-refractivity contribution >= 4 is 5.69 Å². The van der Waals surface area contributed by atoms with E-state index in [1.54, 1.807) is 0 Å². The van der Waals surface area contributed by atoms with Crippen LogP contribution in [0.15, 0.2) is 30.0 Å². The molecule has 0 bridgehead atoms. The van der Waals surface area contributed by atoms with Crippen molar-refractivity contribution in [1.82, 2.24) is 14.8 Å². The van der Waals surface area contributed by atoms with Crippen molar-refractivity contribution in [3.8, 4) is 23.5 Å². The van der Waals surface area contributed by atoms with Crippen LogP contribution in [0.3, 0.4) is 0 Å². The molecule has 24 heavy (non-hydrogen) atoms. The van der Waals surface area contributed by atoms with Crippen LogP contribution in [0.5, 0.6) is 0 Å². The van der Waals surface area contributed by atoms with Crippen LogP contribution >= 0.6 is 0 Å². The number of hydrogen-bond acceptors (Lipinski definition) is 5. The van der Waals surface area contributed by atoms with E-state index in [0.717, 1.165) is 54.3 Å². The number of fused-ring (bicyclic) bond motifs is 1. The van der Waals surface area contributed by atoms with E-state index in [1.807, 2.05) is 37.3 Å². The van der Waals surface area contributed by atoms with Gasteiger partial charge in [0, 0.05) is 30.4 Å². The van der Waals surface area contributed by atoms with Crippen LogP contribution in [-0.4, -0.2) is 14.8 Å². The summed E-state index contributed by atoms with van der Waals surface area (Å²) >= 11 is 0. The van der Waals surface area contributed by atoms with E-state index in [9.17, 15) is 0 Å². The fraction of sp³-hybridized carbons (Fsp3) is 0.333. The third kappa shape index (κ3) is 3.13. The van der Waals surface area contributed by atoms with Gasteiger partial charge in [-0.3, -0.25) is 0 Å².